The Balaban J connectivity index is 2.37. The average Bonchev–Trinajstić information content (AvgIpc) is 2.89. The van der Waals surface area contributed by atoms with E-state index >= 15 is 0 Å². The number of hydrogen-bond acceptors (Lipinski definition) is 4. The van der Waals surface area contributed by atoms with Gasteiger partial charge in [0.25, 0.3) is 5.91 Å². The predicted octanol–water partition coefficient (Wildman–Crippen LogP) is -0.341. The van der Waals surface area contributed by atoms with Crippen LogP contribution in [-0.4, -0.2) is 48.7 Å². The van der Waals surface area contributed by atoms with E-state index in [0.717, 1.165) is 0 Å². The molecule has 1 aromatic heterocycles. The molecular formula is C14H22N4O4S. The quantitative estimate of drug-likeness (QED) is 0.779. The third kappa shape index (κ3) is 3.25. The summed E-state index contributed by atoms with van der Waals surface area (Å²) in [7, 11) is -0.710. The third-order valence-electron chi connectivity index (χ3n) is 4.27. The minimum atomic E-state index is -3.80. The Kier molecular flexibility index (Phi) is 4.81. The lowest BCUT2D eigenvalue weighted by molar-refractivity contribution is -0.123. The molecule has 1 fully saturated rings. The molecule has 1 saturated heterocycles. The van der Waals surface area contributed by atoms with Gasteiger partial charge in [0.2, 0.25) is 15.9 Å². The highest BCUT2D eigenvalue weighted by atomic mass is 32.2. The normalized spacial score (nSPS) is 22.7. The van der Waals surface area contributed by atoms with E-state index in [-0.39, 0.29) is 29.1 Å². The van der Waals surface area contributed by atoms with E-state index in [9.17, 15) is 18.0 Å². The van der Waals surface area contributed by atoms with Gasteiger partial charge in [-0.1, -0.05) is 0 Å². The van der Waals surface area contributed by atoms with Gasteiger partial charge in [0.1, 0.15) is 10.6 Å². The summed E-state index contributed by atoms with van der Waals surface area (Å²) in [5.74, 6) is -1.34. The van der Waals surface area contributed by atoms with Gasteiger partial charge in [-0.15, -0.1) is 0 Å². The summed E-state index contributed by atoms with van der Waals surface area (Å²) in [6, 6.07) is 1.12. The summed E-state index contributed by atoms with van der Waals surface area (Å²) in [6.45, 7) is 1.88. The van der Waals surface area contributed by atoms with E-state index < -0.39 is 21.8 Å². The van der Waals surface area contributed by atoms with E-state index in [4.69, 9.17) is 5.73 Å². The first-order valence-corrected chi connectivity index (χ1v) is 8.82. The van der Waals surface area contributed by atoms with Gasteiger partial charge in [-0.3, -0.25) is 9.59 Å². The van der Waals surface area contributed by atoms with E-state index in [1.165, 1.54) is 28.2 Å². The van der Waals surface area contributed by atoms with Gasteiger partial charge in [0.15, 0.2) is 0 Å². The van der Waals surface area contributed by atoms with Gasteiger partial charge < -0.3 is 15.6 Å². The molecule has 23 heavy (non-hydrogen) atoms. The van der Waals surface area contributed by atoms with Crippen molar-refractivity contribution < 1.29 is 18.0 Å². The zero-order valence-electron chi connectivity index (χ0n) is 13.4. The summed E-state index contributed by atoms with van der Waals surface area (Å²) in [5.41, 5.74) is 5.58. The predicted molar refractivity (Wildman–Crippen MR) is 84.1 cm³/mol. The molecule has 0 saturated carbocycles. The lowest BCUT2D eigenvalue weighted by Gasteiger charge is -2.35. The van der Waals surface area contributed by atoms with Crippen LogP contribution in [-0.2, 0) is 21.9 Å². The SMILES string of the molecule is CNC(=O)c1cc(S(=O)(=O)N2C[C@H](C(N)=O)CC[C@H]2C)cn1C. The number of aromatic nitrogens is 1. The monoisotopic (exact) mass is 342 g/mol. The Morgan fingerprint density at radius 3 is 2.57 bits per heavy atom. The van der Waals surface area contributed by atoms with Crippen molar-refractivity contribution in [3.63, 3.8) is 0 Å². The highest BCUT2D eigenvalue weighted by Crippen LogP contribution is 2.28. The van der Waals surface area contributed by atoms with E-state index in [1.54, 1.807) is 14.0 Å². The molecule has 0 unspecified atom stereocenters. The molecule has 1 aromatic rings. The van der Waals surface area contributed by atoms with Crippen molar-refractivity contribution >= 4 is 21.8 Å². The van der Waals surface area contributed by atoms with Crippen LogP contribution in [0, 0.1) is 5.92 Å². The summed E-state index contributed by atoms with van der Waals surface area (Å²) in [6.07, 6.45) is 2.56. The number of amides is 2. The maximum atomic E-state index is 12.9. The largest absolute Gasteiger partial charge is 0.369 e. The number of nitrogens with two attached hydrogens (primary N) is 1. The molecule has 2 heterocycles. The Bertz CT molecular complexity index is 725. The van der Waals surface area contributed by atoms with Crippen LogP contribution in [0.4, 0.5) is 0 Å². The molecule has 1 aliphatic rings. The van der Waals surface area contributed by atoms with E-state index in [0.29, 0.717) is 12.8 Å². The second kappa shape index (κ2) is 6.32. The minimum Gasteiger partial charge on any atom is -0.369 e. The molecule has 8 nitrogen and oxygen atoms in total. The van der Waals surface area contributed by atoms with Gasteiger partial charge in [-0.05, 0) is 25.8 Å². The number of hydrogen-bond donors (Lipinski definition) is 2. The van der Waals surface area contributed by atoms with Crippen LogP contribution in [0.3, 0.4) is 0 Å². The molecule has 0 aliphatic carbocycles. The molecule has 0 radical (unpaired) electrons. The molecule has 2 atom stereocenters. The van der Waals surface area contributed by atoms with E-state index in [1.807, 2.05) is 0 Å². The highest BCUT2D eigenvalue weighted by Gasteiger charge is 2.37. The molecule has 1 aliphatic heterocycles. The molecule has 128 valence electrons. The molecule has 3 N–H and O–H groups in total. The number of carbonyl (C=O) groups excluding carboxylic acids is 2. The highest BCUT2D eigenvalue weighted by molar-refractivity contribution is 7.89. The zero-order valence-corrected chi connectivity index (χ0v) is 14.3. The molecule has 0 spiro atoms. The van der Waals surface area contributed by atoms with Gasteiger partial charge >= 0.3 is 0 Å². The van der Waals surface area contributed by atoms with Crippen LogP contribution >= 0.6 is 0 Å². The minimum absolute atomic E-state index is 0.0376. The lowest BCUT2D eigenvalue weighted by atomic mass is 9.95. The van der Waals surface area contributed by atoms with Crippen molar-refractivity contribution in [2.24, 2.45) is 18.7 Å². The second-order valence-corrected chi connectivity index (χ2v) is 7.74. The van der Waals surface area contributed by atoms with Crippen molar-refractivity contribution in [2.45, 2.75) is 30.7 Å². The summed E-state index contributed by atoms with van der Waals surface area (Å²) in [4.78, 5) is 23.2. The fraction of sp³-hybridized carbons (Fsp3) is 0.571. The number of piperidine rings is 1. The van der Waals surface area contributed by atoms with Crippen LogP contribution in [0.1, 0.15) is 30.3 Å². The summed E-state index contributed by atoms with van der Waals surface area (Å²) < 4.78 is 28.5. The lowest BCUT2D eigenvalue weighted by Crippen LogP contribution is -2.48. The van der Waals surface area contributed by atoms with Crippen LogP contribution in [0.5, 0.6) is 0 Å². The number of nitrogens with one attached hydrogen (secondary N) is 1. The van der Waals surface area contributed by atoms with Crippen LogP contribution in [0.15, 0.2) is 17.2 Å². The average molecular weight is 342 g/mol. The standard InChI is InChI=1S/C14H22N4O4S/c1-9-4-5-10(13(15)19)7-18(9)23(21,22)11-6-12(14(20)16-2)17(3)8-11/h6,8-10H,4-5,7H2,1-3H3,(H2,15,19)(H,16,20)/t9-,10-/m1/s1. The Labute approximate surface area is 135 Å². The molecule has 2 rings (SSSR count). The van der Waals surface area contributed by atoms with Crippen molar-refractivity contribution in [1.82, 2.24) is 14.2 Å². The Hall–Kier alpha value is -1.87. The number of aryl methyl sites for hydroxylation is 1. The smallest absolute Gasteiger partial charge is 0.267 e. The fourth-order valence-electron chi connectivity index (χ4n) is 2.81. The Morgan fingerprint density at radius 2 is 2.00 bits per heavy atom. The van der Waals surface area contributed by atoms with Crippen molar-refractivity contribution in [3.8, 4) is 0 Å². The molecule has 0 bridgehead atoms. The van der Waals surface area contributed by atoms with Gasteiger partial charge in [-0.25, -0.2) is 8.42 Å². The van der Waals surface area contributed by atoms with Crippen LogP contribution in [0.25, 0.3) is 0 Å². The maximum Gasteiger partial charge on any atom is 0.267 e. The number of nitrogens with zero attached hydrogens (tertiary/aromatic N) is 2. The van der Waals surface area contributed by atoms with Crippen molar-refractivity contribution in [2.75, 3.05) is 13.6 Å². The number of carbonyl (C=O) groups is 2. The van der Waals surface area contributed by atoms with Crippen LogP contribution in [0.2, 0.25) is 0 Å². The number of rotatable bonds is 4. The summed E-state index contributed by atoms with van der Waals surface area (Å²) in [5, 5.41) is 2.47. The first kappa shape index (κ1) is 17.5. The maximum absolute atomic E-state index is 12.9. The van der Waals surface area contributed by atoms with Gasteiger partial charge in [0.05, 0.1) is 5.92 Å². The van der Waals surface area contributed by atoms with Gasteiger partial charge in [-0.2, -0.15) is 4.31 Å². The Morgan fingerprint density at radius 1 is 1.35 bits per heavy atom. The van der Waals surface area contributed by atoms with Crippen molar-refractivity contribution in [3.05, 3.63) is 18.0 Å². The zero-order chi connectivity index (χ0) is 17.4. The first-order valence-electron chi connectivity index (χ1n) is 7.38. The van der Waals surface area contributed by atoms with E-state index in [2.05, 4.69) is 5.32 Å². The summed E-state index contributed by atoms with van der Waals surface area (Å²) >= 11 is 0. The van der Waals surface area contributed by atoms with Crippen molar-refractivity contribution in [1.29, 1.82) is 0 Å². The topological polar surface area (TPSA) is 114 Å². The number of primary amides is 1. The first-order chi connectivity index (χ1) is 10.7. The number of sulfonamides is 1. The fourth-order valence-corrected chi connectivity index (χ4v) is 4.58. The molecule has 0 aromatic carbocycles. The molecule has 9 heteroatoms. The van der Waals surface area contributed by atoms with Gasteiger partial charge in [0, 0.05) is 32.9 Å². The second-order valence-electron chi connectivity index (χ2n) is 5.85. The third-order valence-corrected chi connectivity index (χ3v) is 6.22. The molecular weight excluding hydrogens is 320 g/mol. The molecule has 2 amide bonds. The van der Waals surface area contributed by atoms with Crippen LogP contribution < -0.4 is 11.1 Å².